The molecule has 0 radical (unpaired) electrons. The van der Waals surface area contributed by atoms with Crippen LogP contribution in [0.5, 0.6) is 0 Å². The molecule has 0 saturated carbocycles. The molecule has 0 aromatic carbocycles. The van der Waals surface area contributed by atoms with Gasteiger partial charge in [0.2, 0.25) is 0 Å². The molecule has 0 bridgehead atoms. The Hall–Kier alpha value is -4.40. The molecular weight excluding hydrogens is 2010 g/mol. The highest BCUT2D eigenvalue weighted by atomic mass is 32.3. The van der Waals surface area contributed by atoms with Crippen LogP contribution in [0.3, 0.4) is 0 Å². The Labute approximate surface area is 640 Å². The van der Waals surface area contributed by atoms with Gasteiger partial charge in [-0.05, 0) is 6.92 Å². The van der Waals surface area contributed by atoms with Crippen molar-refractivity contribution in [3.8, 4) is 0 Å². The fraction of sp³-hybridized carbons (Fsp3) is 1.00. The van der Waals surface area contributed by atoms with Crippen molar-refractivity contribution in [1.29, 1.82) is 0 Å². The van der Waals surface area contributed by atoms with Crippen molar-refractivity contribution in [3.63, 3.8) is 0 Å². The fourth-order valence-electron chi connectivity index (χ4n) is 2.39. The van der Waals surface area contributed by atoms with E-state index in [0.29, 0.717) is 42.3 Å². The summed E-state index contributed by atoms with van der Waals surface area (Å²) in [5.41, 5.74) is 0. The average Bonchev–Trinajstić information content (AvgIpc) is 0.802. The Morgan fingerprint density at radius 1 is 0.218 bits per heavy atom. The van der Waals surface area contributed by atoms with E-state index in [9.17, 15) is 231 Å². The van der Waals surface area contributed by atoms with Crippen LogP contribution in [0.1, 0.15) is 71.8 Å². The molecule has 0 aromatic heterocycles. The van der Waals surface area contributed by atoms with E-state index in [1.54, 1.807) is 0 Å². The van der Waals surface area contributed by atoms with E-state index >= 15 is 0 Å². The minimum absolute atomic E-state index is 0. The summed E-state index contributed by atoms with van der Waals surface area (Å²) in [6.07, 6.45) is -63.4. The first-order valence-corrected chi connectivity index (χ1v) is 30.2. The molecule has 0 aliphatic rings. The normalized spacial score (nSPS) is 12.2. The van der Waals surface area contributed by atoms with Crippen LogP contribution >= 0.6 is 0 Å². The van der Waals surface area contributed by atoms with Crippen LogP contribution in [0.4, 0.5) is 231 Å². The molecule has 0 aromatic rings. The van der Waals surface area contributed by atoms with Crippen LogP contribution in [0.25, 0.3) is 0 Å². The van der Waals surface area contributed by atoms with Gasteiger partial charge in [0.1, 0.15) is 19.6 Å². The van der Waals surface area contributed by atoms with Gasteiger partial charge in [-0.15, -0.1) is 0 Å². The second-order valence-electron chi connectivity index (χ2n) is 15.3. The lowest BCUT2D eigenvalue weighted by Crippen LogP contribution is -2.52. The molecule has 0 unspecified atom stereocenters. The van der Waals surface area contributed by atoms with E-state index in [0.717, 1.165) is 0 Å². The van der Waals surface area contributed by atoms with Crippen LogP contribution in [-0.2, 0) is 102 Å². The van der Waals surface area contributed by atoms with Gasteiger partial charge in [0.15, 0.2) is 60.6 Å². The molecule has 0 saturated heterocycles. The van der Waals surface area contributed by atoms with Crippen LogP contribution in [0.15, 0.2) is 0 Å². The third-order valence-electron chi connectivity index (χ3n) is 5.08. The highest BCUT2D eigenvalue weighted by molar-refractivity contribution is 7.82. The van der Waals surface area contributed by atoms with E-state index in [-0.39, 0.29) is 44.6 Å². The predicted molar refractivity (Wildman–Crippen MR) is 296 cm³/mol. The lowest BCUT2D eigenvalue weighted by atomic mass is 10.2. The Morgan fingerprint density at radius 2 is 0.353 bits per heavy atom. The van der Waals surface area contributed by atoms with Crippen LogP contribution in [-0.4, -0.2) is 237 Å². The number of halogens is 54. The van der Waals surface area contributed by atoms with E-state index < -0.39 is 235 Å². The van der Waals surface area contributed by atoms with Gasteiger partial charge in [-0.1, -0.05) is 91.2 Å². The minimum Gasteiger partial charge on any atom is -0.344 e. The third kappa shape index (κ3) is 172. The quantitative estimate of drug-likeness (QED) is 0.0497. The van der Waals surface area contributed by atoms with Gasteiger partial charge >= 0.3 is 137 Å². The van der Waals surface area contributed by atoms with Crippen molar-refractivity contribution in [2.24, 2.45) is 0 Å². The van der Waals surface area contributed by atoms with Crippen molar-refractivity contribution in [3.05, 3.63) is 0 Å². The number of hydrogen-bond acceptors (Lipinski definition) is 20. The van der Waals surface area contributed by atoms with E-state index in [1.807, 2.05) is 0 Å². The van der Waals surface area contributed by atoms with E-state index in [2.05, 4.69) is 37.9 Å². The first-order valence-electron chi connectivity index (χ1n) is 22.5. The molecule has 0 heterocycles. The average molecular weight is 2070 g/mol. The maximum absolute atomic E-state index is 12.4. The molecule has 0 amide bonds. The van der Waals surface area contributed by atoms with E-state index in [4.69, 9.17) is 50.5 Å². The summed E-state index contributed by atoms with van der Waals surface area (Å²) in [6.45, 7) is -21.4. The Morgan fingerprint density at radius 3 is 0.437 bits per heavy atom. The van der Waals surface area contributed by atoms with Crippen molar-refractivity contribution >= 4 is 63.7 Å². The maximum atomic E-state index is 12.4. The molecule has 756 valence electrons. The Bertz CT molecular complexity index is 2620. The van der Waals surface area contributed by atoms with Crippen LogP contribution in [0.2, 0.25) is 0 Å². The Kier molecular flexibility index (Phi) is 102. The second kappa shape index (κ2) is 71.8. The summed E-state index contributed by atoms with van der Waals surface area (Å²) in [4.78, 5) is 0. The largest absolute Gasteiger partial charge is 0.476 e. The molecule has 0 fully saturated rings. The smallest absolute Gasteiger partial charge is 0.344 e. The summed E-state index contributed by atoms with van der Waals surface area (Å²) in [7, 11) is -32.5. The zero-order valence-electron chi connectivity index (χ0n) is 53.0. The molecule has 0 N–H and O–H groups in total. The SMILES string of the molecule is C.C.C.C.C.C.CC(F)(F)CC(F)(F)OCF.CC(F)(F)COCF.CC(F)(F)COCF.CF.CF.CF.FCC(F)(F)OC(F)(F)C(F)(F)CF.FCC(F)(F)OC(F)(F)C(F)(F)OC(F)(F)CF.FCC(F)(F)OC(F)(F)C(F)(F)OC(F)(F)CF.O=S(=O)(F)F.O=S(=O)(F)F.O=S(=O)(F)F.O=S(=O)(F)F.O=S(=O)(F)F.O=S(=O)(F)F. The van der Waals surface area contributed by atoms with Crippen LogP contribution < -0.4 is 0 Å². The lowest BCUT2D eigenvalue weighted by Gasteiger charge is -2.29. The summed E-state index contributed by atoms with van der Waals surface area (Å²) < 4.78 is 730. The maximum Gasteiger partial charge on any atom is 0.476 e. The number of ether oxygens (including phenoxy) is 8. The molecule has 0 aliphatic heterocycles. The molecule has 20 nitrogen and oxygen atoms in total. The highest BCUT2D eigenvalue weighted by Gasteiger charge is 2.69. The first kappa shape index (κ1) is 169. The van der Waals surface area contributed by atoms with Crippen molar-refractivity contribution < 1.29 is 319 Å². The van der Waals surface area contributed by atoms with Crippen molar-refractivity contribution in [1.82, 2.24) is 0 Å². The zero-order valence-corrected chi connectivity index (χ0v) is 57.9. The molecular formula is C39H66F54O20S6. The van der Waals surface area contributed by atoms with Gasteiger partial charge in [-0.3, -0.25) is 17.9 Å². The van der Waals surface area contributed by atoms with Gasteiger partial charge in [-0.2, -0.15) is 156 Å². The topological polar surface area (TPSA) is 279 Å². The number of alkyl halides is 42. The summed E-state index contributed by atoms with van der Waals surface area (Å²) in [6, 6.07) is 0. The minimum atomic E-state index is -6.30. The van der Waals surface area contributed by atoms with Crippen molar-refractivity contribution in [2.75, 3.05) is 95.4 Å². The van der Waals surface area contributed by atoms with Gasteiger partial charge in [0, 0.05) is 13.8 Å². The first-order chi connectivity index (χ1) is 48.5. The molecule has 119 heavy (non-hydrogen) atoms. The van der Waals surface area contributed by atoms with Gasteiger partial charge < -0.3 is 9.47 Å². The van der Waals surface area contributed by atoms with Gasteiger partial charge in [0.25, 0.3) is 17.8 Å². The van der Waals surface area contributed by atoms with E-state index in [1.165, 1.54) is 0 Å². The molecule has 0 rings (SSSR count). The molecule has 0 atom stereocenters. The number of hydrogen-bond donors (Lipinski definition) is 0. The van der Waals surface area contributed by atoms with Gasteiger partial charge in [-0.25, -0.2) is 89.5 Å². The Balaban J connectivity index is -0.0000000472. The fourth-order valence-corrected chi connectivity index (χ4v) is 2.39. The molecule has 0 spiro atoms. The predicted octanol–water partition coefficient (Wildman–Crippen LogP) is 21.8. The lowest BCUT2D eigenvalue weighted by molar-refractivity contribution is -0.513. The monoisotopic (exact) mass is 2070 g/mol. The highest BCUT2D eigenvalue weighted by Crippen LogP contribution is 2.45. The number of rotatable bonds is 29. The summed E-state index contributed by atoms with van der Waals surface area (Å²) >= 11 is 0. The standard InChI is InChI=1S/2C6H4F10O2.C5H4F8O.C5H7F5O.2C4H7F3O.3CH3F.6CH4.6F2O2S/c2*7-1-3(9,10)17-5(13,14)6(15,16)18-4(11,12)2-8;6-1-3(8,9)5(12,13)14-4(10,11)2-7;1-4(7,8)2-5(9,10)11-3-6;2*1-4(6,7)2-8-3-5;3*1-2;;;;;;;6*1-5(2,3)4/h2*1-2H2;1-2H2;2-3H2,1H3;2*2-3H2,1H3;3*1H3;6*1H4;;;;;;. The summed E-state index contributed by atoms with van der Waals surface area (Å²) in [5.74, 6) is -14.8. The van der Waals surface area contributed by atoms with Gasteiger partial charge in [0.05, 0.1) is 21.5 Å². The molecule has 80 heteroatoms. The van der Waals surface area contributed by atoms with Crippen LogP contribution in [0, 0.1) is 0 Å². The zero-order chi connectivity index (χ0) is 96.6. The molecule has 0 aliphatic carbocycles. The second-order valence-corrected chi connectivity index (χ2v) is 19.8. The third-order valence-corrected chi connectivity index (χ3v) is 5.08. The van der Waals surface area contributed by atoms with Crippen molar-refractivity contribution in [2.45, 2.75) is 163 Å². The summed E-state index contributed by atoms with van der Waals surface area (Å²) in [5, 5.41) is 0.